The number of benzene rings is 2. The number of carbonyl (C=O) groups excluding carboxylic acids is 1. The smallest absolute Gasteiger partial charge is 0.262 e. The Hall–Kier alpha value is -2.65. The number of amides is 1. The molecule has 0 aromatic heterocycles. The molecule has 1 amide bonds. The van der Waals surface area contributed by atoms with Gasteiger partial charge in [0.15, 0.2) is 23.2 Å². The molecule has 0 saturated heterocycles. The Morgan fingerprint density at radius 1 is 1.26 bits per heavy atom. The highest BCUT2D eigenvalue weighted by Crippen LogP contribution is 2.33. The fourth-order valence-electron chi connectivity index (χ4n) is 2.06. The van der Waals surface area contributed by atoms with Crippen LogP contribution in [-0.2, 0) is 4.79 Å². The van der Waals surface area contributed by atoms with Gasteiger partial charge in [-0.15, -0.1) is 0 Å². The monoisotopic (exact) mass is 450 g/mol. The van der Waals surface area contributed by atoms with E-state index in [1.807, 2.05) is 25.1 Å². The maximum Gasteiger partial charge on any atom is 0.262 e. The average molecular weight is 451 g/mol. The van der Waals surface area contributed by atoms with Crippen molar-refractivity contribution in [2.75, 3.05) is 18.5 Å². The summed E-state index contributed by atoms with van der Waals surface area (Å²) in [7, 11) is 0. The van der Waals surface area contributed by atoms with Crippen LogP contribution in [0.4, 0.5) is 5.69 Å². The second kappa shape index (κ2) is 10.5. The van der Waals surface area contributed by atoms with Crippen molar-refractivity contribution < 1.29 is 14.3 Å². The fourth-order valence-corrected chi connectivity index (χ4v) is 2.54. The van der Waals surface area contributed by atoms with Gasteiger partial charge in [-0.25, -0.2) is 0 Å². The van der Waals surface area contributed by atoms with Gasteiger partial charge in [-0.05, 0) is 59.3 Å². The fraction of sp³-hybridized carbons (Fsp3) is 0.167. The Kier molecular flexibility index (Phi) is 8.02. The molecule has 0 aliphatic carbocycles. The summed E-state index contributed by atoms with van der Waals surface area (Å²) in [4.78, 5) is 12.1. The Bertz CT molecular complexity index is 831. The molecular weight excluding hydrogens is 432 g/mol. The van der Waals surface area contributed by atoms with Gasteiger partial charge in [0, 0.05) is 15.7 Å². The number of carbonyl (C=O) groups is 1. The van der Waals surface area contributed by atoms with Crippen molar-refractivity contribution in [1.29, 1.82) is 0 Å². The largest absolute Gasteiger partial charge is 0.490 e. The topological polar surface area (TPSA) is 98.0 Å². The van der Waals surface area contributed by atoms with Gasteiger partial charge in [0.25, 0.3) is 5.91 Å². The molecule has 2 rings (SSSR count). The van der Waals surface area contributed by atoms with Crippen LogP contribution < -0.4 is 25.9 Å². The van der Waals surface area contributed by atoms with E-state index < -0.39 is 0 Å². The van der Waals surface area contributed by atoms with Crippen LogP contribution in [-0.4, -0.2) is 30.4 Å². The van der Waals surface area contributed by atoms with Gasteiger partial charge in [0.2, 0.25) is 0 Å². The number of thiocarbonyl (C=S) groups is 1. The van der Waals surface area contributed by atoms with E-state index >= 15 is 0 Å². The Balaban J connectivity index is 2.08. The predicted octanol–water partition coefficient (Wildman–Crippen LogP) is 3.03. The molecule has 9 heteroatoms. The van der Waals surface area contributed by atoms with Crippen LogP contribution in [0.3, 0.4) is 0 Å². The molecule has 0 aliphatic heterocycles. The van der Waals surface area contributed by atoms with Crippen LogP contribution in [0.15, 0.2) is 52.0 Å². The predicted molar refractivity (Wildman–Crippen MR) is 113 cm³/mol. The van der Waals surface area contributed by atoms with E-state index in [0.717, 1.165) is 5.56 Å². The number of para-hydroxylation sites is 1. The molecule has 0 saturated carbocycles. The van der Waals surface area contributed by atoms with Crippen molar-refractivity contribution in [3.63, 3.8) is 0 Å². The van der Waals surface area contributed by atoms with Gasteiger partial charge in [-0.2, -0.15) is 5.10 Å². The molecule has 0 fully saturated rings. The third-order valence-electron chi connectivity index (χ3n) is 3.16. The SMILES string of the molecule is CCOc1cc(C=NNC(N)=S)c(Br)cc1OCC(=O)Nc1ccccc1. The zero-order chi connectivity index (χ0) is 19.6. The van der Waals surface area contributed by atoms with Gasteiger partial charge in [0.1, 0.15) is 0 Å². The number of rotatable bonds is 8. The third-order valence-corrected chi connectivity index (χ3v) is 3.94. The normalized spacial score (nSPS) is 10.4. The molecule has 0 bridgehead atoms. The summed E-state index contributed by atoms with van der Waals surface area (Å²) >= 11 is 8.14. The number of nitrogens with two attached hydrogens (primary N) is 1. The molecule has 2 aromatic rings. The summed E-state index contributed by atoms with van der Waals surface area (Å²) < 4.78 is 11.9. The zero-order valence-corrected chi connectivity index (χ0v) is 17.0. The highest BCUT2D eigenvalue weighted by atomic mass is 79.9. The minimum Gasteiger partial charge on any atom is -0.490 e. The Labute approximate surface area is 171 Å². The van der Waals surface area contributed by atoms with Crippen molar-refractivity contribution in [2.45, 2.75) is 6.92 Å². The Morgan fingerprint density at radius 2 is 1.96 bits per heavy atom. The van der Waals surface area contributed by atoms with Crippen LogP contribution in [0, 0.1) is 0 Å². The van der Waals surface area contributed by atoms with E-state index in [1.54, 1.807) is 24.3 Å². The first-order valence-electron chi connectivity index (χ1n) is 8.02. The molecule has 4 N–H and O–H groups in total. The minimum atomic E-state index is -0.272. The van der Waals surface area contributed by atoms with E-state index in [9.17, 15) is 4.79 Å². The Morgan fingerprint density at radius 3 is 2.63 bits per heavy atom. The first-order valence-corrected chi connectivity index (χ1v) is 9.22. The lowest BCUT2D eigenvalue weighted by molar-refractivity contribution is -0.118. The van der Waals surface area contributed by atoms with E-state index in [2.05, 4.69) is 31.8 Å². The summed E-state index contributed by atoms with van der Waals surface area (Å²) in [6, 6.07) is 12.6. The van der Waals surface area contributed by atoms with Gasteiger partial charge in [-0.1, -0.05) is 18.2 Å². The van der Waals surface area contributed by atoms with Crippen molar-refractivity contribution in [2.24, 2.45) is 10.8 Å². The van der Waals surface area contributed by atoms with Gasteiger partial charge in [-0.3, -0.25) is 10.2 Å². The summed E-state index contributed by atoms with van der Waals surface area (Å²) in [6.07, 6.45) is 1.54. The number of nitrogens with one attached hydrogen (secondary N) is 2. The average Bonchev–Trinajstić information content (AvgIpc) is 2.63. The molecule has 0 aliphatic rings. The summed E-state index contributed by atoms with van der Waals surface area (Å²) in [5.41, 5.74) is 9.24. The van der Waals surface area contributed by atoms with Crippen molar-refractivity contribution in [3.05, 3.63) is 52.5 Å². The van der Waals surface area contributed by atoms with Gasteiger partial charge < -0.3 is 20.5 Å². The maximum absolute atomic E-state index is 12.1. The van der Waals surface area contributed by atoms with Crippen LogP contribution in [0.25, 0.3) is 0 Å². The van der Waals surface area contributed by atoms with Crippen LogP contribution in [0.1, 0.15) is 12.5 Å². The highest BCUT2D eigenvalue weighted by molar-refractivity contribution is 9.10. The number of hydrazone groups is 1. The number of hydrogen-bond acceptors (Lipinski definition) is 5. The van der Waals surface area contributed by atoms with E-state index in [0.29, 0.717) is 28.3 Å². The summed E-state index contributed by atoms with van der Waals surface area (Å²) in [5.74, 6) is 0.655. The number of nitrogens with zero attached hydrogens (tertiary/aromatic N) is 1. The van der Waals surface area contributed by atoms with Crippen molar-refractivity contribution in [1.82, 2.24) is 5.43 Å². The molecule has 0 unspecified atom stereocenters. The quantitative estimate of drug-likeness (QED) is 0.324. The second-order valence-electron chi connectivity index (χ2n) is 5.19. The molecular formula is C18H19BrN4O3S. The van der Waals surface area contributed by atoms with Gasteiger partial charge in [0.05, 0.1) is 12.8 Å². The first-order chi connectivity index (χ1) is 13.0. The lowest BCUT2D eigenvalue weighted by Gasteiger charge is -2.14. The standard InChI is InChI=1S/C18H19BrN4O3S/c1-2-25-15-8-12(10-21-23-18(20)27)14(19)9-16(15)26-11-17(24)22-13-6-4-3-5-7-13/h3-10H,2,11H2,1H3,(H,22,24)(H3,20,23,27). The van der Waals surface area contributed by atoms with Crippen LogP contribution in [0.2, 0.25) is 0 Å². The van der Waals surface area contributed by atoms with E-state index in [4.69, 9.17) is 27.4 Å². The maximum atomic E-state index is 12.1. The molecule has 2 aromatic carbocycles. The second-order valence-corrected chi connectivity index (χ2v) is 6.48. The highest BCUT2D eigenvalue weighted by Gasteiger charge is 2.12. The first kappa shape index (κ1) is 20.7. The molecule has 7 nitrogen and oxygen atoms in total. The molecule has 0 atom stereocenters. The number of anilines is 1. The van der Waals surface area contributed by atoms with Crippen molar-refractivity contribution in [3.8, 4) is 11.5 Å². The summed E-state index contributed by atoms with van der Waals surface area (Å²) in [6.45, 7) is 2.14. The number of halogens is 1. The number of ether oxygens (including phenoxy) is 2. The van der Waals surface area contributed by atoms with Crippen LogP contribution >= 0.6 is 28.1 Å². The van der Waals surface area contributed by atoms with Gasteiger partial charge >= 0.3 is 0 Å². The molecule has 27 heavy (non-hydrogen) atoms. The molecule has 0 radical (unpaired) electrons. The third kappa shape index (κ3) is 6.87. The van der Waals surface area contributed by atoms with E-state index in [-0.39, 0.29) is 17.6 Å². The lowest BCUT2D eigenvalue weighted by atomic mass is 10.2. The van der Waals surface area contributed by atoms with Crippen molar-refractivity contribution >= 4 is 51.1 Å². The van der Waals surface area contributed by atoms with Crippen LogP contribution in [0.5, 0.6) is 11.5 Å². The number of hydrogen-bond donors (Lipinski definition) is 3. The zero-order valence-electron chi connectivity index (χ0n) is 14.6. The molecule has 142 valence electrons. The lowest BCUT2D eigenvalue weighted by Crippen LogP contribution is -2.24. The molecule has 0 spiro atoms. The van der Waals surface area contributed by atoms with E-state index in [1.165, 1.54) is 6.21 Å². The molecule has 0 heterocycles. The summed E-state index contributed by atoms with van der Waals surface area (Å²) in [5, 5.41) is 6.75. The minimum absolute atomic E-state index is 0.0665.